The number of hydrogen-bond acceptors (Lipinski definition) is 3. The van der Waals surface area contributed by atoms with Crippen LogP contribution < -0.4 is 10.1 Å². The van der Waals surface area contributed by atoms with Crippen LogP contribution in [0, 0.1) is 0 Å². The number of rotatable bonds is 6. The summed E-state index contributed by atoms with van der Waals surface area (Å²) in [4.78, 5) is 0. The van der Waals surface area contributed by atoms with Crippen molar-refractivity contribution < 1.29 is 4.74 Å². The Balaban J connectivity index is 3.00. The molecule has 1 unspecified atom stereocenters. The molecule has 1 heterocycles. The van der Waals surface area contributed by atoms with E-state index in [1.54, 1.807) is 13.3 Å². The van der Waals surface area contributed by atoms with Crippen LogP contribution in [0.15, 0.2) is 6.20 Å². The van der Waals surface area contributed by atoms with E-state index in [9.17, 15) is 0 Å². The third-order valence-corrected chi connectivity index (χ3v) is 2.62. The molecule has 1 aromatic heterocycles. The van der Waals surface area contributed by atoms with Crippen LogP contribution in [0.3, 0.4) is 0 Å². The first-order chi connectivity index (χ1) is 7.28. The number of hydrogen-bond donors (Lipinski definition) is 1. The molecule has 4 nitrogen and oxygen atoms in total. The molecule has 0 fully saturated rings. The van der Waals surface area contributed by atoms with Crippen molar-refractivity contribution in [2.45, 2.75) is 39.3 Å². The lowest BCUT2D eigenvalue weighted by molar-refractivity contribution is 0.390. The van der Waals surface area contributed by atoms with Gasteiger partial charge in [0.1, 0.15) is 0 Å². The van der Waals surface area contributed by atoms with E-state index in [2.05, 4.69) is 24.3 Å². The van der Waals surface area contributed by atoms with Crippen LogP contribution in [0.25, 0.3) is 0 Å². The molecule has 1 atom stereocenters. The van der Waals surface area contributed by atoms with Crippen molar-refractivity contribution in [3.8, 4) is 5.75 Å². The Hall–Kier alpha value is -1.03. The van der Waals surface area contributed by atoms with Gasteiger partial charge in [0, 0.05) is 6.54 Å². The predicted molar refractivity (Wildman–Crippen MR) is 61.2 cm³/mol. The predicted octanol–water partition coefficient (Wildman–Crippen LogP) is 1.97. The van der Waals surface area contributed by atoms with Crippen molar-refractivity contribution in [3.63, 3.8) is 0 Å². The molecule has 1 aromatic rings. The molecule has 0 amide bonds. The average Bonchev–Trinajstić information content (AvgIpc) is 2.68. The van der Waals surface area contributed by atoms with Gasteiger partial charge < -0.3 is 10.1 Å². The fraction of sp³-hybridized carbons (Fsp3) is 0.727. The van der Waals surface area contributed by atoms with Crippen LogP contribution in [-0.2, 0) is 6.54 Å². The van der Waals surface area contributed by atoms with Gasteiger partial charge in [-0.1, -0.05) is 13.3 Å². The Bertz CT molecular complexity index is 275. The third kappa shape index (κ3) is 2.50. The van der Waals surface area contributed by atoms with E-state index in [1.807, 2.05) is 11.7 Å². The van der Waals surface area contributed by atoms with Gasteiger partial charge in [0.15, 0.2) is 5.75 Å². The first kappa shape index (κ1) is 12.0. The fourth-order valence-corrected chi connectivity index (χ4v) is 1.84. The molecule has 0 spiro atoms. The first-order valence-electron chi connectivity index (χ1n) is 5.55. The molecule has 0 aliphatic heterocycles. The van der Waals surface area contributed by atoms with E-state index >= 15 is 0 Å². The van der Waals surface area contributed by atoms with Crippen molar-refractivity contribution in [2.24, 2.45) is 0 Å². The van der Waals surface area contributed by atoms with Crippen molar-refractivity contribution in [1.82, 2.24) is 15.1 Å². The molecule has 0 saturated heterocycles. The summed E-state index contributed by atoms with van der Waals surface area (Å²) in [7, 11) is 3.67. The molecule has 0 bridgehead atoms. The normalized spacial score (nSPS) is 12.8. The largest absolute Gasteiger partial charge is 0.493 e. The van der Waals surface area contributed by atoms with Gasteiger partial charge in [0.25, 0.3) is 0 Å². The second-order valence-corrected chi connectivity index (χ2v) is 3.54. The molecule has 0 saturated carbocycles. The van der Waals surface area contributed by atoms with Crippen LogP contribution in [0.4, 0.5) is 0 Å². The van der Waals surface area contributed by atoms with Crippen LogP contribution in [0.2, 0.25) is 0 Å². The second-order valence-electron chi connectivity index (χ2n) is 3.54. The summed E-state index contributed by atoms with van der Waals surface area (Å²) in [6, 6.07) is 0.326. The highest BCUT2D eigenvalue weighted by atomic mass is 16.5. The van der Waals surface area contributed by atoms with E-state index in [4.69, 9.17) is 4.74 Å². The van der Waals surface area contributed by atoms with Crippen molar-refractivity contribution in [3.05, 3.63) is 11.9 Å². The maximum absolute atomic E-state index is 5.33. The van der Waals surface area contributed by atoms with Gasteiger partial charge >= 0.3 is 0 Å². The summed E-state index contributed by atoms with van der Waals surface area (Å²) in [5, 5.41) is 7.62. The van der Waals surface area contributed by atoms with Gasteiger partial charge in [0.2, 0.25) is 0 Å². The van der Waals surface area contributed by atoms with E-state index in [-0.39, 0.29) is 0 Å². The van der Waals surface area contributed by atoms with Crippen LogP contribution >= 0.6 is 0 Å². The van der Waals surface area contributed by atoms with E-state index in [0.717, 1.165) is 30.8 Å². The summed E-state index contributed by atoms with van der Waals surface area (Å²) in [6.07, 6.45) is 4.03. The Kier molecular flexibility index (Phi) is 4.62. The molecule has 0 radical (unpaired) electrons. The number of nitrogens with zero attached hydrogens (tertiary/aromatic N) is 2. The van der Waals surface area contributed by atoms with Crippen molar-refractivity contribution >= 4 is 0 Å². The monoisotopic (exact) mass is 211 g/mol. The van der Waals surface area contributed by atoms with Gasteiger partial charge in [-0.25, -0.2) is 0 Å². The highest BCUT2D eigenvalue weighted by Gasteiger charge is 2.18. The molecule has 86 valence electrons. The number of aromatic nitrogens is 2. The highest BCUT2D eigenvalue weighted by Crippen LogP contribution is 2.27. The van der Waals surface area contributed by atoms with E-state index in [1.165, 1.54) is 0 Å². The zero-order valence-corrected chi connectivity index (χ0v) is 10.1. The average molecular weight is 211 g/mol. The molecular weight excluding hydrogens is 190 g/mol. The Morgan fingerprint density at radius 2 is 2.27 bits per heavy atom. The lowest BCUT2D eigenvalue weighted by Crippen LogP contribution is -2.20. The van der Waals surface area contributed by atoms with E-state index in [0.29, 0.717) is 6.04 Å². The van der Waals surface area contributed by atoms with Gasteiger partial charge in [-0.3, -0.25) is 4.68 Å². The SMILES string of the molecule is CCCC(NC)c1c(OC)cnn1CC. The topological polar surface area (TPSA) is 39.1 Å². The minimum Gasteiger partial charge on any atom is -0.493 e. The summed E-state index contributed by atoms with van der Waals surface area (Å²) >= 11 is 0. The number of aryl methyl sites for hydroxylation is 1. The second kappa shape index (κ2) is 5.75. The van der Waals surface area contributed by atoms with Crippen LogP contribution in [0.5, 0.6) is 5.75 Å². The molecule has 0 aromatic carbocycles. The number of nitrogens with one attached hydrogen (secondary N) is 1. The molecule has 0 aliphatic rings. The maximum Gasteiger partial charge on any atom is 0.161 e. The van der Waals surface area contributed by atoms with Crippen LogP contribution in [-0.4, -0.2) is 23.9 Å². The minimum absolute atomic E-state index is 0.326. The zero-order valence-electron chi connectivity index (χ0n) is 10.1. The molecule has 1 rings (SSSR count). The van der Waals surface area contributed by atoms with Gasteiger partial charge in [-0.15, -0.1) is 0 Å². The van der Waals surface area contributed by atoms with Gasteiger partial charge in [-0.2, -0.15) is 5.10 Å². The maximum atomic E-state index is 5.33. The van der Waals surface area contributed by atoms with Gasteiger partial charge in [-0.05, 0) is 20.4 Å². The molecule has 0 aliphatic carbocycles. The number of methoxy groups -OCH3 is 1. The summed E-state index contributed by atoms with van der Waals surface area (Å²) < 4.78 is 7.33. The highest BCUT2D eigenvalue weighted by molar-refractivity contribution is 5.28. The summed E-state index contributed by atoms with van der Waals surface area (Å²) in [5.41, 5.74) is 1.16. The standard InChI is InChI=1S/C11H21N3O/c1-5-7-9(12-3)11-10(15-4)8-13-14(11)6-2/h8-9,12H,5-7H2,1-4H3. The summed E-state index contributed by atoms with van der Waals surface area (Å²) in [5.74, 6) is 0.879. The fourth-order valence-electron chi connectivity index (χ4n) is 1.84. The Labute approximate surface area is 91.6 Å². The van der Waals surface area contributed by atoms with Crippen LogP contribution in [0.1, 0.15) is 38.4 Å². The lowest BCUT2D eigenvalue weighted by Gasteiger charge is -2.18. The first-order valence-corrected chi connectivity index (χ1v) is 5.55. The minimum atomic E-state index is 0.326. The number of ether oxygens (including phenoxy) is 1. The third-order valence-electron chi connectivity index (χ3n) is 2.62. The quantitative estimate of drug-likeness (QED) is 0.782. The Morgan fingerprint density at radius 1 is 1.53 bits per heavy atom. The zero-order chi connectivity index (χ0) is 11.3. The smallest absolute Gasteiger partial charge is 0.161 e. The molecule has 4 heteroatoms. The van der Waals surface area contributed by atoms with Crippen molar-refractivity contribution in [1.29, 1.82) is 0 Å². The molecular formula is C11H21N3O. The van der Waals surface area contributed by atoms with Crippen molar-refractivity contribution in [2.75, 3.05) is 14.2 Å². The van der Waals surface area contributed by atoms with Gasteiger partial charge in [0.05, 0.1) is 25.0 Å². The Morgan fingerprint density at radius 3 is 2.73 bits per heavy atom. The lowest BCUT2D eigenvalue weighted by atomic mass is 10.1. The van der Waals surface area contributed by atoms with E-state index < -0.39 is 0 Å². The molecule has 15 heavy (non-hydrogen) atoms. The molecule has 1 N–H and O–H groups in total. The summed E-state index contributed by atoms with van der Waals surface area (Å²) in [6.45, 7) is 5.15.